The molecule has 0 amide bonds. The molecule has 19 heavy (non-hydrogen) atoms. The second kappa shape index (κ2) is 5.99. The van der Waals surface area contributed by atoms with Crippen LogP contribution in [0.3, 0.4) is 0 Å². The topological polar surface area (TPSA) is 50.1 Å². The molecule has 1 heterocycles. The first-order valence-corrected chi connectivity index (χ1v) is 6.59. The predicted octanol–water partition coefficient (Wildman–Crippen LogP) is 2.21. The summed E-state index contributed by atoms with van der Waals surface area (Å²) in [5.41, 5.74) is 2.32. The lowest BCUT2D eigenvalue weighted by molar-refractivity contribution is 0.187. The molecule has 2 N–H and O–H groups in total. The largest absolute Gasteiger partial charge is 0.392 e. The van der Waals surface area contributed by atoms with E-state index in [9.17, 15) is 5.11 Å². The number of rotatable bonds is 5. The number of hydrogen-bond donors (Lipinski definition) is 2. The number of hydrogen-bond acceptors (Lipinski definition) is 3. The van der Waals surface area contributed by atoms with E-state index < -0.39 is 0 Å². The van der Waals surface area contributed by atoms with Gasteiger partial charge in [0.15, 0.2) is 0 Å². The van der Waals surface area contributed by atoms with Gasteiger partial charge in [0.2, 0.25) is 0 Å². The molecular weight excluding hydrogens is 238 g/mol. The van der Waals surface area contributed by atoms with E-state index in [4.69, 9.17) is 0 Å². The molecule has 2 unspecified atom stereocenters. The number of nitrogens with one attached hydrogen (secondary N) is 1. The highest BCUT2D eigenvalue weighted by Crippen LogP contribution is 2.16. The Bertz CT molecular complexity index is 516. The average molecular weight is 259 g/mol. The zero-order valence-corrected chi connectivity index (χ0v) is 11.7. The van der Waals surface area contributed by atoms with Gasteiger partial charge in [0.1, 0.15) is 5.82 Å². The van der Waals surface area contributed by atoms with Crippen molar-refractivity contribution in [3.8, 4) is 5.69 Å². The Hall–Kier alpha value is -1.65. The third-order valence-electron chi connectivity index (χ3n) is 3.22. The van der Waals surface area contributed by atoms with Crippen molar-refractivity contribution in [3.05, 3.63) is 48.0 Å². The van der Waals surface area contributed by atoms with Crippen LogP contribution in [0.2, 0.25) is 0 Å². The summed E-state index contributed by atoms with van der Waals surface area (Å²) in [7, 11) is 0. The van der Waals surface area contributed by atoms with Crippen LogP contribution in [0, 0.1) is 6.92 Å². The van der Waals surface area contributed by atoms with Gasteiger partial charge in [0.05, 0.1) is 6.10 Å². The van der Waals surface area contributed by atoms with Crippen LogP contribution < -0.4 is 5.32 Å². The average Bonchev–Trinajstić information content (AvgIpc) is 2.82. The third-order valence-corrected chi connectivity index (χ3v) is 3.22. The van der Waals surface area contributed by atoms with Gasteiger partial charge in [-0.3, -0.25) is 0 Å². The Labute approximate surface area is 114 Å². The van der Waals surface area contributed by atoms with Crippen molar-refractivity contribution in [3.63, 3.8) is 0 Å². The highest BCUT2D eigenvalue weighted by Gasteiger charge is 2.07. The van der Waals surface area contributed by atoms with E-state index in [-0.39, 0.29) is 12.1 Å². The Morgan fingerprint density at radius 2 is 1.95 bits per heavy atom. The molecule has 4 nitrogen and oxygen atoms in total. The third kappa shape index (κ3) is 3.43. The fourth-order valence-corrected chi connectivity index (χ4v) is 2.04. The molecule has 4 heteroatoms. The van der Waals surface area contributed by atoms with Gasteiger partial charge in [-0.2, -0.15) is 0 Å². The van der Waals surface area contributed by atoms with Crippen molar-refractivity contribution < 1.29 is 5.11 Å². The minimum atomic E-state index is -0.324. The zero-order chi connectivity index (χ0) is 13.8. The number of aliphatic hydroxyl groups is 1. The molecule has 1 aromatic carbocycles. The minimum Gasteiger partial charge on any atom is -0.392 e. The number of imidazole rings is 1. The second-order valence-corrected chi connectivity index (χ2v) is 4.91. The van der Waals surface area contributed by atoms with Crippen LogP contribution in [0.5, 0.6) is 0 Å². The molecule has 2 rings (SSSR count). The fraction of sp³-hybridized carbons (Fsp3) is 0.400. The molecule has 2 aromatic rings. The Morgan fingerprint density at radius 1 is 1.26 bits per heavy atom. The van der Waals surface area contributed by atoms with Crippen molar-refractivity contribution in [2.24, 2.45) is 0 Å². The van der Waals surface area contributed by atoms with Gasteiger partial charge in [0.25, 0.3) is 0 Å². The number of aliphatic hydroxyl groups excluding tert-OH is 1. The zero-order valence-electron chi connectivity index (χ0n) is 11.7. The number of nitrogens with zero attached hydrogens (tertiary/aromatic N) is 2. The monoisotopic (exact) mass is 259 g/mol. The maximum atomic E-state index is 9.28. The molecule has 1 aromatic heterocycles. The molecule has 102 valence electrons. The van der Waals surface area contributed by atoms with E-state index in [0.717, 1.165) is 11.5 Å². The van der Waals surface area contributed by atoms with E-state index >= 15 is 0 Å². The van der Waals surface area contributed by atoms with Crippen molar-refractivity contribution in [2.45, 2.75) is 32.9 Å². The first-order valence-electron chi connectivity index (χ1n) is 6.59. The molecule has 0 fully saturated rings. The van der Waals surface area contributed by atoms with Gasteiger partial charge in [-0.1, -0.05) is 12.1 Å². The highest BCUT2D eigenvalue weighted by molar-refractivity contribution is 5.36. The SMILES string of the molecule is Cc1nccn1-c1ccc(C(C)NCC(C)O)cc1. The van der Waals surface area contributed by atoms with Crippen molar-refractivity contribution in [2.75, 3.05) is 6.54 Å². The summed E-state index contributed by atoms with van der Waals surface area (Å²) in [6.45, 7) is 6.47. The molecule has 0 bridgehead atoms. The van der Waals surface area contributed by atoms with E-state index in [1.807, 2.05) is 13.1 Å². The van der Waals surface area contributed by atoms with Crippen LogP contribution in [-0.4, -0.2) is 27.3 Å². The fourth-order valence-electron chi connectivity index (χ4n) is 2.04. The standard InChI is InChI=1S/C15H21N3O/c1-11(19)10-17-12(2)14-4-6-15(7-5-14)18-9-8-16-13(18)3/h4-9,11-12,17,19H,10H2,1-3H3. The number of aryl methyl sites for hydroxylation is 1. The van der Waals surface area contributed by atoms with Crippen molar-refractivity contribution in [1.82, 2.24) is 14.9 Å². The van der Waals surface area contributed by atoms with Crippen LogP contribution in [0.4, 0.5) is 0 Å². The minimum absolute atomic E-state index is 0.229. The summed E-state index contributed by atoms with van der Waals surface area (Å²) < 4.78 is 2.05. The molecule has 0 aliphatic rings. The first-order chi connectivity index (χ1) is 9.08. The van der Waals surface area contributed by atoms with Crippen LogP contribution in [0.1, 0.15) is 31.3 Å². The van der Waals surface area contributed by atoms with Gasteiger partial charge in [-0.25, -0.2) is 4.98 Å². The first kappa shape index (κ1) is 13.8. The van der Waals surface area contributed by atoms with Crippen LogP contribution >= 0.6 is 0 Å². The lowest BCUT2D eigenvalue weighted by Crippen LogP contribution is -2.27. The molecule has 0 aliphatic heterocycles. The normalized spacial score (nSPS) is 14.3. The van der Waals surface area contributed by atoms with Crippen molar-refractivity contribution >= 4 is 0 Å². The van der Waals surface area contributed by atoms with Crippen LogP contribution in [-0.2, 0) is 0 Å². The molecule has 0 spiro atoms. The molecule has 0 saturated carbocycles. The van der Waals surface area contributed by atoms with Crippen molar-refractivity contribution in [1.29, 1.82) is 0 Å². The summed E-state index contributed by atoms with van der Waals surface area (Å²) in [6.07, 6.45) is 3.44. The molecule has 0 aliphatic carbocycles. The van der Waals surface area contributed by atoms with Gasteiger partial charge in [0, 0.05) is 30.7 Å². The van der Waals surface area contributed by atoms with Gasteiger partial charge < -0.3 is 15.0 Å². The lowest BCUT2D eigenvalue weighted by atomic mass is 10.1. The number of aromatic nitrogens is 2. The Balaban J connectivity index is 2.08. The summed E-state index contributed by atoms with van der Waals surface area (Å²) >= 11 is 0. The summed E-state index contributed by atoms with van der Waals surface area (Å²) in [5, 5.41) is 12.6. The summed E-state index contributed by atoms with van der Waals surface area (Å²) in [5.74, 6) is 0.980. The predicted molar refractivity (Wildman–Crippen MR) is 76.4 cm³/mol. The maximum absolute atomic E-state index is 9.28. The number of benzene rings is 1. The van der Waals surface area contributed by atoms with Gasteiger partial charge in [-0.05, 0) is 38.5 Å². The summed E-state index contributed by atoms with van der Waals surface area (Å²) in [4.78, 5) is 4.22. The Kier molecular flexibility index (Phi) is 4.35. The molecular formula is C15H21N3O. The molecule has 0 saturated heterocycles. The van der Waals surface area contributed by atoms with Gasteiger partial charge >= 0.3 is 0 Å². The van der Waals surface area contributed by atoms with E-state index in [0.29, 0.717) is 6.54 Å². The Morgan fingerprint density at radius 3 is 2.47 bits per heavy atom. The molecule has 2 atom stereocenters. The quantitative estimate of drug-likeness (QED) is 0.865. The van der Waals surface area contributed by atoms with E-state index in [1.54, 1.807) is 13.1 Å². The summed E-state index contributed by atoms with van der Waals surface area (Å²) in [6, 6.07) is 8.62. The van der Waals surface area contributed by atoms with Gasteiger partial charge in [-0.15, -0.1) is 0 Å². The van der Waals surface area contributed by atoms with E-state index in [1.165, 1.54) is 5.56 Å². The molecule has 0 radical (unpaired) electrons. The van der Waals surface area contributed by atoms with E-state index in [2.05, 4.69) is 46.1 Å². The maximum Gasteiger partial charge on any atom is 0.110 e. The second-order valence-electron chi connectivity index (χ2n) is 4.91. The van der Waals surface area contributed by atoms with Crippen LogP contribution in [0.25, 0.3) is 5.69 Å². The highest BCUT2D eigenvalue weighted by atomic mass is 16.3. The lowest BCUT2D eigenvalue weighted by Gasteiger charge is -2.16. The smallest absolute Gasteiger partial charge is 0.110 e. The van der Waals surface area contributed by atoms with Crippen LogP contribution in [0.15, 0.2) is 36.7 Å².